The van der Waals surface area contributed by atoms with Crippen LogP contribution in [0.3, 0.4) is 0 Å². The van der Waals surface area contributed by atoms with Gasteiger partial charge in [0.05, 0.1) is 0 Å². The second-order valence-corrected chi connectivity index (χ2v) is 8.90. The quantitative estimate of drug-likeness (QED) is 0.285. The van der Waals surface area contributed by atoms with E-state index >= 15 is 0 Å². The molecular formula is C30H26ClN3O2. The number of furan rings is 1. The summed E-state index contributed by atoms with van der Waals surface area (Å²) in [5, 5.41) is 3.41. The third-order valence-electron chi connectivity index (χ3n) is 6.66. The summed E-state index contributed by atoms with van der Waals surface area (Å²) in [6.45, 7) is 1.21. The lowest BCUT2D eigenvalue weighted by molar-refractivity contribution is 0.1000. The fourth-order valence-corrected chi connectivity index (χ4v) is 5.02. The lowest BCUT2D eigenvalue weighted by Crippen LogP contribution is -2.11. The van der Waals surface area contributed by atoms with E-state index in [0.717, 1.165) is 50.6 Å². The molecule has 0 unspecified atom stereocenters. The van der Waals surface area contributed by atoms with Crippen molar-refractivity contribution in [3.63, 3.8) is 0 Å². The number of carbonyl (C=O) groups is 1. The summed E-state index contributed by atoms with van der Waals surface area (Å²) in [7, 11) is 0. The van der Waals surface area contributed by atoms with E-state index in [2.05, 4.69) is 53.2 Å². The standard InChI is InChI=1S/C30H25N3O2.ClH/c31-14-13-22-18-33(17-19-5-3-6-21(15-19)30(32)34)27-12-11-20(16-26(22)27)23-8-4-9-25-24-7-1-2-10-28(24)35-29(23)25;/h1-12,15-16,18H,13-14,17,31H2,(H2,32,34);1H. The highest BCUT2D eigenvalue weighted by Gasteiger charge is 2.15. The van der Waals surface area contributed by atoms with Gasteiger partial charge in [0.1, 0.15) is 11.2 Å². The number of hydrogen-bond acceptors (Lipinski definition) is 3. The highest BCUT2D eigenvalue weighted by molar-refractivity contribution is 6.10. The second-order valence-electron chi connectivity index (χ2n) is 8.90. The van der Waals surface area contributed by atoms with Crippen LogP contribution in [0.2, 0.25) is 0 Å². The van der Waals surface area contributed by atoms with Crippen molar-refractivity contribution in [2.24, 2.45) is 11.5 Å². The highest BCUT2D eigenvalue weighted by atomic mass is 35.5. The van der Waals surface area contributed by atoms with Crippen molar-refractivity contribution in [3.8, 4) is 11.1 Å². The number of benzene rings is 4. The molecule has 6 rings (SSSR count). The third kappa shape index (κ3) is 4.02. The number of fused-ring (bicyclic) bond motifs is 4. The predicted molar refractivity (Wildman–Crippen MR) is 149 cm³/mol. The molecule has 2 heterocycles. The molecule has 5 nitrogen and oxygen atoms in total. The molecule has 4 aromatic carbocycles. The summed E-state index contributed by atoms with van der Waals surface area (Å²) >= 11 is 0. The van der Waals surface area contributed by atoms with E-state index in [4.69, 9.17) is 15.9 Å². The number of nitrogens with two attached hydrogens (primary N) is 2. The molecule has 6 heteroatoms. The van der Waals surface area contributed by atoms with Gasteiger partial charge in [-0.3, -0.25) is 4.79 Å². The van der Waals surface area contributed by atoms with E-state index in [0.29, 0.717) is 18.7 Å². The third-order valence-corrected chi connectivity index (χ3v) is 6.66. The Morgan fingerprint density at radius 1 is 0.861 bits per heavy atom. The highest BCUT2D eigenvalue weighted by Crippen LogP contribution is 2.37. The Labute approximate surface area is 214 Å². The molecule has 4 N–H and O–H groups in total. The van der Waals surface area contributed by atoms with E-state index in [1.54, 1.807) is 6.07 Å². The zero-order valence-electron chi connectivity index (χ0n) is 19.6. The molecule has 180 valence electrons. The summed E-state index contributed by atoms with van der Waals surface area (Å²) < 4.78 is 8.49. The minimum absolute atomic E-state index is 0. The molecule has 0 saturated carbocycles. The molecule has 0 aliphatic heterocycles. The monoisotopic (exact) mass is 495 g/mol. The summed E-state index contributed by atoms with van der Waals surface area (Å²) in [6.07, 6.45) is 2.95. The van der Waals surface area contributed by atoms with Gasteiger partial charge in [-0.15, -0.1) is 12.4 Å². The molecule has 0 aliphatic carbocycles. The van der Waals surface area contributed by atoms with Crippen molar-refractivity contribution >= 4 is 51.2 Å². The Bertz CT molecular complexity index is 1730. The number of carbonyl (C=O) groups excluding carboxylic acids is 1. The number of rotatable bonds is 6. The van der Waals surface area contributed by atoms with Crippen molar-refractivity contribution in [1.29, 1.82) is 0 Å². The van der Waals surface area contributed by atoms with Gasteiger partial charge in [-0.1, -0.05) is 54.6 Å². The molecule has 0 bridgehead atoms. The summed E-state index contributed by atoms with van der Waals surface area (Å²) in [5.74, 6) is -0.419. The van der Waals surface area contributed by atoms with Gasteiger partial charge in [-0.05, 0) is 60.0 Å². The summed E-state index contributed by atoms with van der Waals surface area (Å²) in [5.41, 5.74) is 19.3. The maximum Gasteiger partial charge on any atom is 0.248 e. The van der Waals surface area contributed by atoms with Crippen molar-refractivity contribution in [2.45, 2.75) is 13.0 Å². The SMILES string of the molecule is Cl.NCCc1cn(Cc2cccc(C(N)=O)c2)c2ccc(-c3cccc4c3oc3ccccc34)cc12. The van der Waals surface area contributed by atoms with Gasteiger partial charge in [0, 0.05) is 45.5 Å². The first kappa shape index (κ1) is 23.7. The Hall–Kier alpha value is -4.06. The topological polar surface area (TPSA) is 87.2 Å². The molecule has 0 saturated heterocycles. The number of amides is 1. The maximum atomic E-state index is 11.6. The molecule has 1 amide bonds. The first-order valence-electron chi connectivity index (χ1n) is 11.7. The number of halogens is 1. The van der Waals surface area contributed by atoms with E-state index < -0.39 is 5.91 Å². The number of primary amides is 1. The summed E-state index contributed by atoms with van der Waals surface area (Å²) in [4.78, 5) is 11.6. The van der Waals surface area contributed by atoms with Gasteiger partial charge >= 0.3 is 0 Å². The second kappa shape index (κ2) is 9.53. The zero-order valence-corrected chi connectivity index (χ0v) is 20.4. The lowest BCUT2D eigenvalue weighted by atomic mass is 9.99. The average Bonchev–Trinajstić information content (AvgIpc) is 3.42. The van der Waals surface area contributed by atoms with Crippen LogP contribution >= 0.6 is 12.4 Å². The van der Waals surface area contributed by atoms with Crippen LogP contribution in [-0.4, -0.2) is 17.0 Å². The van der Waals surface area contributed by atoms with Gasteiger partial charge in [0.2, 0.25) is 5.91 Å². The fraction of sp³-hybridized carbons (Fsp3) is 0.100. The first-order valence-corrected chi connectivity index (χ1v) is 11.7. The molecule has 6 aromatic rings. The van der Waals surface area contributed by atoms with Crippen molar-refractivity contribution < 1.29 is 9.21 Å². The van der Waals surface area contributed by atoms with Crippen LogP contribution in [-0.2, 0) is 13.0 Å². The Morgan fingerprint density at radius 2 is 1.67 bits per heavy atom. The average molecular weight is 496 g/mol. The van der Waals surface area contributed by atoms with E-state index in [-0.39, 0.29) is 12.4 Å². The maximum absolute atomic E-state index is 11.6. The largest absolute Gasteiger partial charge is 0.455 e. The van der Waals surface area contributed by atoms with E-state index in [1.807, 2.05) is 36.4 Å². The van der Waals surface area contributed by atoms with Gasteiger partial charge < -0.3 is 20.5 Å². The molecule has 36 heavy (non-hydrogen) atoms. The van der Waals surface area contributed by atoms with Crippen LogP contribution in [0.25, 0.3) is 44.0 Å². The molecule has 0 spiro atoms. The Morgan fingerprint density at radius 3 is 2.50 bits per heavy atom. The molecular weight excluding hydrogens is 470 g/mol. The van der Waals surface area contributed by atoms with Crippen molar-refractivity contribution in [3.05, 3.63) is 108 Å². The number of para-hydroxylation sites is 2. The van der Waals surface area contributed by atoms with Gasteiger partial charge in [0.15, 0.2) is 0 Å². The minimum Gasteiger partial charge on any atom is -0.455 e. The molecule has 0 aliphatic rings. The molecule has 2 aromatic heterocycles. The summed E-state index contributed by atoms with van der Waals surface area (Å²) in [6, 6.07) is 28.5. The Balaban J connectivity index is 0.00000267. The van der Waals surface area contributed by atoms with Crippen LogP contribution in [0, 0.1) is 0 Å². The smallest absolute Gasteiger partial charge is 0.248 e. The van der Waals surface area contributed by atoms with Crippen LogP contribution in [0.5, 0.6) is 0 Å². The fourth-order valence-electron chi connectivity index (χ4n) is 5.02. The van der Waals surface area contributed by atoms with Crippen molar-refractivity contribution in [2.75, 3.05) is 6.54 Å². The van der Waals surface area contributed by atoms with Crippen LogP contribution in [0.15, 0.2) is 95.5 Å². The van der Waals surface area contributed by atoms with Gasteiger partial charge in [0.25, 0.3) is 0 Å². The Kier molecular flexibility index (Phi) is 6.27. The number of hydrogen-bond donors (Lipinski definition) is 2. The number of nitrogens with zero attached hydrogens (tertiary/aromatic N) is 1. The first-order chi connectivity index (χ1) is 17.1. The molecule has 0 atom stereocenters. The molecule has 0 fully saturated rings. The predicted octanol–water partition coefficient (Wildman–Crippen LogP) is 6.28. The van der Waals surface area contributed by atoms with E-state index in [1.165, 1.54) is 10.9 Å². The van der Waals surface area contributed by atoms with Gasteiger partial charge in [-0.2, -0.15) is 0 Å². The van der Waals surface area contributed by atoms with Crippen LogP contribution in [0.1, 0.15) is 21.5 Å². The zero-order chi connectivity index (χ0) is 23.9. The van der Waals surface area contributed by atoms with Gasteiger partial charge in [-0.25, -0.2) is 0 Å². The molecule has 0 radical (unpaired) electrons. The van der Waals surface area contributed by atoms with Crippen LogP contribution in [0.4, 0.5) is 0 Å². The lowest BCUT2D eigenvalue weighted by Gasteiger charge is -2.08. The van der Waals surface area contributed by atoms with Crippen molar-refractivity contribution in [1.82, 2.24) is 4.57 Å². The van der Waals surface area contributed by atoms with Crippen LogP contribution < -0.4 is 11.5 Å². The number of aromatic nitrogens is 1. The van der Waals surface area contributed by atoms with E-state index in [9.17, 15) is 4.79 Å². The minimum atomic E-state index is -0.419. The normalized spacial score (nSPS) is 11.2.